The van der Waals surface area contributed by atoms with E-state index in [1.54, 1.807) is 6.07 Å². The number of rotatable bonds is 5. The van der Waals surface area contributed by atoms with Crippen LogP contribution in [-0.4, -0.2) is 32.3 Å². The van der Waals surface area contributed by atoms with Gasteiger partial charge in [0.25, 0.3) is 0 Å². The summed E-state index contributed by atoms with van der Waals surface area (Å²) in [5.74, 6) is 7.54. The summed E-state index contributed by atoms with van der Waals surface area (Å²) < 4.78 is 39.8. The van der Waals surface area contributed by atoms with E-state index >= 15 is 0 Å². The number of nitrogens with one attached hydrogen (secondary N) is 1. The van der Waals surface area contributed by atoms with E-state index in [0.717, 1.165) is 47.9 Å². The molecule has 0 aliphatic carbocycles. The smallest absolute Gasteiger partial charge is 0.365 e. The third kappa shape index (κ3) is 4.65. The third-order valence-corrected chi connectivity index (χ3v) is 7.85. The van der Waals surface area contributed by atoms with E-state index in [9.17, 15) is 13.2 Å². The fourth-order valence-corrected chi connectivity index (χ4v) is 5.79. The fraction of sp³-hybridized carbons (Fsp3) is 0.417. The van der Waals surface area contributed by atoms with Gasteiger partial charge < -0.3 is 5.32 Å². The van der Waals surface area contributed by atoms with Gasteiger partial charge in [-0.25, -0.2) is 15.0 Å². The molecule has 3 aromatic rings. The SMILES string of the molecule is C=S1CCC(c2cc3c(NCc4cccc(C(F)(F)F)c4C)ncnc3nc2CC)CC1. The third-order valence-electron chi connectivity index (χ3n) is 6.22. The number of fused-ring (bicyclic) bond motifs is 1. The Balaban J connectivity index is 1.67. The number of benzene rings is 1. The van der Waals surface area contributed by atoms with Crippen molar-refractivity contribution in [2.75, 3.05) is 16.8 Å². The van der Waals surface area contributed by atoms with Gasteiger partial charge >= 0.3 is 6.18 Å². The normalized spacial score (nSPS) is 19.3. The molecule has 0 radical (unpaired) electrons. The van der Waals surface area contributed by atoms with Crippen molar-refractivity contribution in [3.63, 3.8) is 0 Å². The van der Waals surface area contributed by atoms with Crippen LogP contribution in [0.3, 0.4) is 0 Å². The quantitative estimate of drug-likeness (QED) is 0.467. The van der Waals surface area contributed by atoms with Gasteiger partial charge in [0.1, 0.15) is 12.1 Å². The monoisotopic (exact) mass is 460 g/mol. The lowest BCUT2D eigenvalue weighted by Gasteiger charge is -2.26. The molecule has 0 spiro atoms. The summed E-state index contributed by atoms with van der Waals surface area (Å²) in [4.78, 5) is 13.5. The average Bonchev–Trinajstić information content (AvgIpc) is 2.77. The zero-order valence-electron chi connectivity index (χ0n) is 18.3. The molecular formula is C24H27F3N4S. The van der Waals surface area contributed by atoms with Crippen LogP contribution < -0.4 is 5.32 Å². The molecular weight excluding hydrogens is 433 g/mol. The number of aryl methyl sites for hydroxylation is 1. The van der Waals surface area contributed by atoms with E-state index in [-0.39, 0.29) is 22.6 Å². The summed E-state index contributed by atoms with van der Waals surface area (Å²) in [6, 6.07) is 6.40. The molecule has 1 fully saturated rings. The summed E-state index contributed by atoms with van der Waals surface area (Å²) in [5, 5.41) is 4.04. The highest BCUT2D eigenvalue weighted by Gasteiger charge is 2.32. The predicted molar refractivity (Wildman–Crippen MR) is 127 cm³/mol. The van der Waals surface area contributed by atoms with Crippen molar-refractivity contribution in [2.45, 2.75) is 51.7 Å². The summed E-state index contributed by atoms with van der Waals surface area (Å²) in [6.07, 6.45) is 0.114. The number of halogens is 3. The number of alkyl halides is 3. The lowest BCUT2D eigenvalue weighted by atomic mass is 9.90. The summed E-state index contributed by atoms with van der Waals surface area (Å²) in [6.45, 7) is 3.84. The largest absolute Gasteiger partial charge is 0.416 e. The number of hydrogen-bond acceptors (Lipinski definition) is 4. The van der Waals surface area contributed by atoms with E-state index in [2.05, 4.69) is 34.1 Å². The Bertz CT molecular complexity index is 1150. The maximum absolute atomic E-state index is 13.3. The first-order valence-electron chi connectivity index (χ1n) is 10.8. The minimum absolute atomic E-state index is 0.226. The van der Waals surface area contributed by atoms with Crippen molar-refractivity contribution in [3.8, 4) is 0 Å². The van der Waals surface area contributed by atoms with Gasteiger partial charge in [-0.05, 0) is 72.4 Å². The predicted octanol–water partition coefficient (Wildman–Crippen LogP) is 6.10. The van der Waals surface area contributed by atoms with Crippen LogP contribution in [-0.2, 0) is 19.1 Å². The Morgan fingerprint density at radius 3 is 2.62 bits per heavy atom. The van der Waals surface area contributed by atoms with Gasteiger partial charge in [-0.3, -0.25) is 0 Å². The molecule has 1 aliphatic rings. The van der Waals surface area contributed by atoms with E-state index in [1.165, 1.54) is 24.9 Å². The molecule has 0 unspecified atom stereocenters. The van der Waals surface area contributed by atoms with E-state index in [0.29, 0.717) is 22.9 Å². The minimum atomic E-state index is -4.37. The lowest BCUT2D eigenvalue weighted by molar-refractivity contribution is -0.138. The fourth-order valence-electron chi connectivity index (χ4n) is 4.35. The second kappa shape index (κ2) is 9.17. The average molecular weight is 461 g/mol. The minimum Gasteiger partial charge on any atom is -0.365 e. The molecule has 1 saturated heterocycles. The second-order valence-corrected chi connectivity index (χ2v) is 10.2. The molecule has 32 heavy (non-hydrogen) atoms. The van der Waals surface area contributed by atoms with Crippen LogP contribution in [0, 0.1) is 6.92 Å². The van der Waals surface area contributed by atoms with E-state index in [1.807, 2.05) is 0 Å². The molecule has 4 rings (SSSR count). The summed E-state index contributed by atoms with van der Waals surface area (Å²) in [7, 11) is 0.253. The van der Waals surface area contributed by atoms with Gasteiger partial charge in [0.15, 0.2) is 5.65 Å². The van der Waals surface area contributed by atoms with Crippen molar-refractivity contribution in [1.82, 2.24) is 15.0 Å². The number of pyridine rings is 1. The summed E-state index contributed by atoms with van der Waals surface area (Å²) >= 11 is 0. The van der Waals surface area contributed by atoms with Crippen molar-refractivity contribution in [1.29, 1.82) is 0 Å². The Morgan fingerprint density at radius 1 is 1.19 bits per heavy atom. The Morgan fingerprint density at radius 2 is 1.94 bits per heavy atom. The maximum atomic E-state index is 13.3. The van der Waals surface area contributed by atoms with Gasteiger partial charge in [-0.2, -0.15) is 23.7 Å². The van der Waals surface area contributed by atoms with E-state index < -0.39 is 11.7 Å². The molecule has 0 saturated carbocycles. The molecule has 1 aromatic carbocycles. The zero-order chi connectivity index (χ0) is 22.9. The van der Waals surface area contributed by atoms with Crippen molar-refractivity contribution < 1.29 is 13.2 Å². The number of hydrogen-bond donors (Lipinski definition) is 1. The molecule has 0 atom stereocenters. The van der Waals surface area contributed by atoms with Crippen LogP contribution >= 0.6 is 10.5 Å². The highest BCUT2D eigenvalue weighted by atomic mass is 32.2. The molecule has 8 heteroatoms. The van der Waals surface area contributed by atoms with Crippen molar-refractivity contribution >= 4 is 33.2 Å². The molecule has 0 amide bonds. The zero-order valence-corrected chi connectivity index (χ0v) is 19.1. The molecule has 170 valence electrons. The van der Waals surface area contributed by atoms with Crippen molar-refractivity contribution in [3.05, 3.63) is 58.5 Å². The van der Waals surface area contributed by atoms with Gasteiger partial charge in [0.2, 0.25) is 0 Å². The number of aromatic nitrogens is 3. The van der Waals surface area contributed by atoms with Crippen LogP contribution in [0.2, 0.25) is 0 Å². The standard InChI is InChI=1S/C24H27F3N4S/c1-4-21-18(16-8-10-32(3)11-9-16)12-19-22(29-14-30-23(19)31-21)28-13-17-6-5-7-20(15(17)2)24(25,26)27/h5-7,12,14,16H,3-4,8-11,13H2,1-2H3,(H,28,29,30,31). The highest BCUT2D eigenvalue weighted by molar-refractivity contribution is 8.14. The van der Waals surface area contributed by atoms with Gasteiger partial charge in [0, 0.05) is 12.2 Å². The van der Waals surface area contributed by atoms with Gasteiger partial charge in [-0.15, -0.1) is 0 Å². The second-order valence-electron chi connectivity index (χ2n) is 8.21. The first kappa shape index (κ1) is 22.7. The van der Waals surface area contributed by atoms with Crippen molar-refractivity contribution in [2.24, 2.45) is 0 Å². The Hall–Kier alpha value is -2.48. The lowest BCUT2D eigenvalue weighted by Crippen LogP contribution is -2.13. The van der Waals surface area contributed by atoms with Gasteiger partial charge in [0.05, 0.1) is 10.9 Å². The Kier molecular flexibility index (Phi) is 6.51. The molecule has 1 aliphatic heterocycles. The van der Waals surface area contributed by atoms with Crippen LogP contribution in [0.1, 0.15) is 53.6 Å². The van der Waals surface area contributed by atoms with Crippen LogP contribution in [0.5, 0.6) is 0 Å². The Labute approximate surface area is 188 Å². The molecule has 2 aromatic heterocycles. The van der Waals surface area contributed by atoms with Crippen LogP contribution in [0.25, 0.3) is 11.0 Å². The molecule has 1 N–H and O–H groups in total. The highest BCUT2D eigenvalue weighted by Crippen LogP contribution is 2.37. The van der Waals surface area contributed by atoms with Gasteiger partial charge in [-0.1, -0.05) is 24.9 Å². The van der Waals surface area contributed by atoms with E-state index in [4.69, 9.17) is 4.98 Å². The molecule has 0 bridgehead atoms. The van der Waals surface area contributed by atoms with Crippen LogP contribution in [0.4, 0.5) is 19.0 Å². The number of anilines is 1. The topological polar surface area (TPSA) is 50.7 Å². The summed E-state index contributed by atoms with van der Waals surface area (Å²) in [5.41, 5.74) is 3.11. The first-order valence-corrected chi connectivity index (χ1v) is 12.5. The molecule has 4 nitrogen and oxygen atoms in total. The maximum Gasteiger partial charge on any atom is 0.416 e. The molecule has 3 heterocycles. The first-order chi connectivity index (χ1) is 15.3. The number of nitrogens with zero attached hydrogens (tertiary/aromatic N) is 3. The van der Waals surface area contributed by atoms with Crippen LogP contribution in [0.15, 0.2) is 30.6 Å².